The number of aliphatic hydroxyl groups excluding tert-OH is 3. The van der Waals surface area contributed by atoms with Crippen molar-refractivity contribution in [2.45, 2.75) is 200 Å². The number of carbonyl (C=O) groups is 2. The van der Waals surface area contributed by atoms with E-state index in [1.807, 2.05) is 24.3 Å². The summed E-state index contributed by atoms with van der Waals surface area (Å²) in [6.07, 6.45) is 38.5. The van der Waals surface area contributed by atoms with E-state index in [1.54, 1.807) is 0 Å². The SMILES string of the molecule is CCCC[C@@H](O)/C=C\C/C=C\C/C=C\C/C=C\CCCC(=O)O[C@H](COC(=O)CCCCCCCCCCCCCCCCC(C)C)COP(=O)(O)OC[C@@H](O)CO. The molecule has 0 heterocycles. The van der Waals surface area contributed by atoms with Gasteiger partial charge in [0.15, 0.2) is 6.10 Å². The van der Waals surface area contributed by atoms with Crippen molar-refractivity contribution in [1.82, 2.24) is 0 Å². The Morgan fingerprint density at radius 3 is 1.66 bits per heavy atom. The Kier molecular flexibility index (Phi) is 38.8. The van der Waals surface area contributed by atoms with Gasteiger partial charge in [0.25, 0.3) is 0 Å². The van der Waals surface area contributed by atoms with E-state index in [4.69, 9.17) is 19.1 Å². The highest BCUT2D eigenvalue weighted by Crippen LogP contribution is 2.43. The molecule has 0 bridgehead atoms. The van der Waals surface area contributed by atoms with Crippen LogP contribution in [0.2, 0.25) is 0 Å². The van der Waals surface area contributed by atoms with Crippen LogP contribution in [0.1, 0.15) is 181 Å². The van der Waals surface area contributed by atoms with E-state index < -0.39 is 51.8 Å². The van der Waals surface area contributed by atoms with Crippen LogP contribution >= 0.6 is 7.82 Å². The summed E-state index contributed by atoms with van der Waals surface area (Å²) in [5.41, 5.74) is 0. The van der Waals surface area contributed by atoms with Crippen molar-refractivity contribution in [3.63, 3.8) is 0 Å². The number of phosphoric ester groups is 1. The molecule has 0 spiro atoms. The Balaban J connectivity index is 4.38. The number of unbranched alkanes of at least 4 members (excludes halogenated alkanes) is 15. The molecular formula is C46H83O11P. The van der Waals surface area contributed by atoms with Gasteiger partial charge in [-0.25, -0.2) is 4.57 Å². The summed E-state index contributed by atoms with van der Waals surface area (Å²) in [6, 6.07) is 0. The predicted octanol–water partition coefficient (Wildman–Crippen LogP) is 10.9. The molecule has 58 heavy (non-hydrogen) atoms. The van der Waals surface area contributed by atoms with E-state index in [0.29, 0.717) is 19.3 Å². The van der Waals surface area contributed by atoms with Gasteiger partial charge in [0.2, 0.25) is 0 Å². The summed E-state index contributed by atoms with van der Waals surface area (Å²) >= 11 is 0. The van der Waals surface area contributed by atoms with Crippen molar-refractivity contribution in [3.05, 3.63) is 48.6 Å². The largest absolute Gasteiger partial charge is 0.472 e. The summed E-state index contributed by atoms with van der Waals surface area (Å²) in [6.45, 7) is 4.49. The lowest BCUT2D eigenvalue weighted by Crippen LogP contribution is -2.29. The molecule has 0 aromatic carbocycles. The fourth-order valence-electron chi connectivity index (χ4n) is 5.95. The summed E-state index contributed by atoms with van der Waals surface area (Å²) in [5, 5.41) is 28.2. The van der Waals surface area contributed by atoms with Crippen LogP contribution in [-0.2, 0) is 32.7 Å². The molecule has 4 atom stereocenters. The third-order valence-electron chi connectivity index (χ3n) is 9.48. The van der Waals surface area contributed by atoms with Crippen LogP contribution in [0.15, 0.2) is 48.6 Å². The second-order valence-corrected chi connectivity index (χ2v) is 17.2. The van der Waals surface area contributed by atoms with Crippen molar-refractivity contribution < 1.29 is 52.9 Å². The van der Waals surface area contributed by atoms with Gasteiger partial charge in [-0.15, -0.1) is 0 Å². The minimum Gasteiger partial charge on any atom is -0.462 e. The number of ether oxygens (including phenoxy) is 2. The van der Waals surface area contributed by atoms with Gasteiger partial charge < -0.3 is 29.7 Å². The van der Waals surface area contributed by atoms with E-state index in [-0.39, 0.29) is 25.6 Å². The van der Waals surface area contributed by atoms with Crippen molar-refractivity contribution in [2.24, 2.45) is 5.92 Å². The molecule has 0 saturated carbocycles. The van der Waals surface area contributed by atoms with Crippen molar-refractivity contribution in [2.75, 3.05) is 26.4 Å². The van der Waals surface area contributed by atoms with Gasteiger partial charge in [0.05, 0.1) is 25.9 Å². The molecule has 4 N–H and O–H groups in total. The number of carbonyl (C=O) groups excluding carboxylic acids is 2. The summed E-state index contributed by atoms with van der Waals surface area (Å²) < 4.78 is 32.7. The summed E-state index contributed by atoms with van der Waals surface area (Å²) in [5.74, 6) is -0.192. The molecule has 0 saturated heterocycles. The molecule has 0 fully saturated rings. The average molecular weight is 843 g/mol. The Bertz CT molecular complexity index is 1140. The lowest BCUT2D eigenvalue weighted by Gasteiger charge is -2.20. The normalized spacial score (nSPS) is 14.9. The molecule has 11 nitrogen and oxygen atoms in total. The maximum Gasteiger partial charge on any atom is 0.472 e. The van der Waals surface area contributed by atoms with Crippen molar-refractivity contribution in [3.8, 4) is 0 Å². The smallest absolute Gasteiger partial charge is 0.462 e. The third kappa shape index (κ3) is 40.7. The summed E-state index contributed by atoms with van der Waals surface area (Å²) in [4.78, 5) is 35.0. The first-order valence-electron chi connectivity index (χ1n) is 22.5. The van der Waals surface area contributed by atoms with Gasteiger partial charge in [-0.1, -0.05) is 172 Å². The second-order valence-electron chi connectivity index (χ2n) is 15.7. The Hall–Kier alpha value is -2.11. The molecule has 0 amide bonds. The lowest BCUT2D eigenvalue weighted by atomic mass is 10.0. The average Bonchev–Trinajstić information content (AvgIpc) is 3.19. The number of rotatable bonds is 41. The molecular weight excluding hydrogens is 759 g/mol. The van der Waals surface area contributed by atoms with Crippen LogP contribution in [0.25, 0.3) is 0 Å². The van der Waals surface area contributed by atoms with Gasteiger partial charge in [-0.3, -0.25) is 18.6 Å². The molecule has 0 aliphatic rings. The third-order valence-corrected chi connectivity index (χ3v) is 10.4. The zero-order valence-corrected chi connectivity index (χ0v) is 37.4. The molecule has 1 unspecified atom stereocenters. The van der Waals surface area contributed by atoms with Crippen LogP contribution in [0, 0.1) is 5.92 Å². The first-order chi connectivity index (χ1) is 28.0. The molecule has 0 aliphatic heterocycles. The number of hydrogen-bond acceptors (Lipinski definition) is 10. The van der Waals surface area contributed by atoms with E-state index in [2.05, 4.69) is 49.6 Å². The number of phosphoric acid groups is 1. The number of esters is 2. The molecule has 0 aromatic heterocycles. The predicted molar refractivity (Wildman–Crippen MR) is 234 cm³/mol. The van der Waals surface area contributed by atoms with Crippen LogP contribution in [0.4, 0.5) is 0 Å². The van der Waals surface area contributed by atoms with Crippen molar-refractivity contribution >= 4 is 19.8 Å². The Morgan fingerprint density at radius 2 is 1.10 bits per heavy atom. The molecule has 0 rings (SSSR count). The molecule has 0 aliphatic carbocycles. The standard InChI is InChI=1S/C46H83O11P/c1-4-5-33-42(48)34-29-25-21-17-13-10-11-15-19-23-27-31-36-46(51)57-44(40-56-58(52,53)55-38-43(49)37-47)39-54-45(50)35-30-26-22-18-14-9-7-6-8-12-16-20-24-28-32-41(2)3/h10-11,17,19,21,23,29,34,41-44,47-49H,4-9,12-16,18,20,22,24-28,30-33,35-40H2,1-3H3,(H,52,53)/b11-10-,21-17-,23-19-,34-29-/t42-,43+,44-/m1/s1. The van der Waals surface area contributed by atoms with E-state index in [9.17, 15) is 29.3 Å². The second kappa shape index (κ2) is 40.3. The minimum atomic E-state index is -4.64. The van der Waals surface area contributed by atoms with Gasteiger partial charge in [-0.05, 0) is 50.9 Å². The van der Waals surface area contributed by atoms with Crippen LogP contribution in [-0.4, -0.2) is 76.9 Å². The fraction of sp³-hybridized carbons (Fsp3) is 0.783. The monoisotopic (exact) mass is 843 g/mol. The zero-order chi connectivity index (χ0) is 43.0. The van der Waals surface area contributed by atoms with E-state index >= 15 is 0 Å². The van der Waals surface area contributed by atoms with Gasteiger partial charge >= 0.3 is 19.8 Å². The number of allylic oxidation sites excluding steroid dienone is 7. The zero-order valence-electron chi connectivity index (χ0n) is 36.5. The number of aliphatic hydroxyl groups is 3. The minimum absolute atomic E-state index is 0.0914. The van der Waals surface area contributed by atoms with Crippen LogP contribution in [0.3, 0.4) is 0 Å². The van der Waals surface area contributed by atoms with Gasteiger partial charge in [0, 0.05) is 12.8 Å². The molecule has 0 aromatic rings. The maximum atomic E-state index is 12.6. The highest BCUT2D eigenvalue weighted by molar-refractivity contribution is 7.47. The van der Waals surface area contributed by atoms with E-state index in [0.717, 1.165) is 63.7 Å². The molecule has 338 valence electrons. The maximum absolute atomic E-state index is 12.6. The highest BCUT2D eigenvalue weighted by atomic mass is 31.2. The first-order valence-corrected chi connectivity index (χ1v) is 24.0. The highest BCUT2D eigenvalue weighted by Gasteiger charge is 2.27. The van der Waals surface area contributed by atoms with Crippen LogP contribution in [0.5, 0.6) is 0 Å². The van der Waals surface area contributed by atoms with Gasteiger partial charge in [-0.2, -0.15) is 0 Å². The Morgan fingerprint density at radius 1 is 0.603 bits per heavy atom. The fourth-order valence-corrected chi connectivity index (χ4v) is 6.74. The summed E-state index contributed by atoms with van der Waals surface area (Å²) in [7, 11) is -4.64. The lowest BCUT2D eigenvalue weighted by molar-refractivity contribution is -0.161. The van der Waals surface area contributed by atoms with Crippen molar-refractivity contribution in [1.29, 1.82) is 0 Å². The molecule has 12 heteroatoms. The topological polar surface area (TPSA) is 169 Å². The van der Waals surface area contributed by atoms with Gasteiger partial charge in [0.1, 0.15) is 12.7 Å². The Labute approximate surface area is 352 Å². The quantitative estimate of drug-likeness (QED) is 0.0200. The van der Waals surface area contributed by atoms with E-state index in [1.165, 1.54) is 70.6 Å². The molecule has 0 radical (unpaired) electrons. The number of hydrogen-bond donors (Lipinski definition) is 4. The van der Waals surface area contributed by atoms with Crippen LogP contribution < -0.4 is 0 Å². The first kappa shape index (κ1) is 55.9.